The van der Waals surface area contributed by atoms with Gasteiger partial charge in [-0.05, 0) is 51.0 Å². The molecule has 1 N–H and O–H groups in total. The third-order valence-corrected chi connectivity index (χ3v) is 8.38. The Hall–Kier alpha value is -0.270. The van der Waals surface area contributed by atoms with Crippen LogP contribution in [0.3, 0.4) is 0 Å². The largest absolute Gasteiger partial charge is 0.480 e. The lowest BCUT2D eigenvalue weighted by Gasteiger charge is -2.44. The number of sulfone groups is 1. The number of thioether (sulfide) groups is 1. The lowest BCUT2D eigenvalue weighted by atomic mass is 9.88. The second-order valence-corrected chi connectivity index (χ2v) is 10.1. The van der Waals surface area contributed by atoms with E-state index in [1.54, 1.807) is 0 Å². The van der Waals surface area contributed by atoms with Gasteiger partial charge in [0.25, 0.3) is 0 Å². The summed E-state index contributed by atoms with van der Waals surface area (Å²) >= 11 is 1.86. The van der Waals surface area contributed by atoms with E-state index in [9.17, 15) is 18.3 Å². The van der Waals surface area contributed by atoms with Crippen LogP contribution in [-0.4, -0.2) is 53.2 Å². The molecule has 2 heterocycles. The molecule has 0 bridgehead atoms. The third kappa shape index (κ3) is 2.72. The van der Waals surface area contributed by atoms with E-state index >= 15 is 0 Å². The highest BCUT2D eigenvalue weighted by molar-refractivity contribution is 7.99. The Labute approximate surface area is 124 Å². The zero-order valence-electron chi connectivity index (χ0n) is 11.9. The zero-order chi connectivity index (χ0) is 15.0. The molecule has 0 aliphatic carbocycles. The summed E-state index contributed by atoms with van der Waals surface area (Å²) in [5.74, 6) is 0.682. The maximum atomic E-state index is 12.6. The molecular weight excluding hydrogens is 300 g/mol. The van der Waals surface area contributed by atoms with Crippen molar-refractivity contribution in [2.24, 2.45) is 0 Å². The number of rotatable bonds is 3. The molecule has 2 aliphatic heterocycles. The molecule has 0 aromatic carbocycles. The maximum Gasteiger partial charge on any atom is 0.324 e. The minimum absolute atomic E-state index is 0.351. The van der Waals surface area contributed by atoms with Crippen molar-refractivity contribution in [3.63, 3.8) is 0 Å². The van der Waals surface area contributed by atoms with E-state index in [2.05, 4.69) is 0 Å². The third-order valence-electron chi connectivity index (χ3n) is 4.52. The Balaban J connectivity index is 2.22. The Morgan fingerprint density at radius 3 is 2.50 bits per heavy atom. The highest BCUT2D eigenvalue weighted by Gasteiger charge is 2.51. The number of hydrogen-bond donors (Lipinski definition) is 1. The highest BCUT2D eigenvalue weighted by Crippen LogP contribution is 2.41. The van der Waals surface area contributed by atoms with Gasteiger partial charge in [0.2, 0.25) is 0 Å². The van der Waals surface area contributed by atoms with Gasteiger partial charge in [-0.15, -0.1) is 0 Å². The Morgan fingerprint density at radius 2 is 1.95 bits per heavy atom. The topological polar surface area (TPSA) is 80.7 Å². The van der Waals surface area contributed by atoms with Gasteiger partial charge in [-0.2, -0.15) is 11.8 Å². The van der Waals surface area contributed by atoms with Gasteiger partial charge in [0, 0.05) is 6.61 Å². The minimum Gasteiger partial charge on any atom is -0.480 e. The van der Waals surface area contributed by atoms with Crippen molar-refractivity contribution in [2.75, 3.05) is 18.1 Å². The summed E-state index contributed by atoms with van der Waals surface area (Å²) < 4.78 is 29.4. The van der Waals surface area contributed by atoms with Crippen molar-refractivity contribution in [1.29, 1.82) is 0 Å². The molecule has 2 rings (SSSR count). The van der Waals surface area contributed by atoms with Gasteiger partial charge in [-0.1, -0.05) is 0 Å². The van der Waals surface area contributed by atoms with Crippen LogP contribution >= 0.6 is 11.8 Å². The van der Waals surface area contributed by atoms with Gasteiger partial charge in [0.15, 0.2) is 14.6 Å². The summed E-state index contributed by atoms with van der Waals surface area (Å²) in [6.45, 7) is 2.97. The Bertz CT molecular complexity index is 471. The molecule has 2 saturated heterocycles. The van der Waals surface area contributed by atoms with Gasteiger partial charge in [-0.25, -0.2) is 8.42 Å². The summed E-state index contributed by atoms with van der Waals surface area (Å²) in [6.07, 6.45) is 2.55. The molecule has 5 nitrogen and oxygen atoms in total. The molecule has 20 heavy (non-hydrogen) atoms. The highest BCUT2D eigenvalue weighted by atomic mass is 32.2. The lowest BCUT2D eigenvalue weighted by Crippen LogP contribution is -2.52. The van der Waals surface area contributed by atoms with Crippen LogP contribution in [-0.2, 0) is 19.4 Å². The minimum atomic E-state index is -3.72. The summed E-state index contributed by atoms with van der Waals surface area (Å²) in [5, 5.41) is 8.59. The molecule has 0 radical (unpaired) electrons. The quantitative estimate of drug-likeness (QED) is 0.852. The van der Waals surface area contributed by atoms with Crippen LogP contribution in [0.1, 0.15) is 39.5 Å². The first-order chi connectivity index (χ1) is 9.21. The van der Waals surface area contributed by atoms with Crippen molar-refractivity contribution in [1.82, 2.24) is 0 Å². The standard InChI is InChI=1S/C13H22O5S2/c1-12(2,11(14)15)20(16,17)10-3-6-18-13(9-10)4-7-19-8-5-13/h10H,3-9H2,1-2H3,(H,14,15). The molecule has 1 spiro atoms. The van der Waals surface area contributed by atoms with Crippen LogP contribution < -0.4 is 0 Å². The number of carboxylic acid groups (broad SMARTS) is 1. The molecule has 116 valence electrons. The number of ether oxygens (including phenoxy) is 1. The molecule has 0 aromatic rings. The monoisotopic (exact) mass is 322 g/mol. The average Bonchev–Trinajstić information content (AvgIpc) is 2.39. The zero-order valence-corrected chi connectivity index (χ0v) is 13.6. The van der Waals surface area contributed by atoms with Gasteiger partial charge in [0.05, 0.1) is 10.9 Å². The van der Waals surface area contributed by atoms with E-state index in [4.69, 9.17) is 4.74 Å². The van der Waals surface area contributed by atoms with Gasteiger partial charge in [-0.3, -0.25) is 4.79 Å². The van der Waals surface area contributed by atoms with E-state index in [1.807, 2.05) is 11.8 Å². The summed E-state index contributed by atoms with van der Waals surface area (Å²) in [7, 11) is -3.72. The van der Waals surface area contributed by atoms with Gasteiger partial charge < -0.3 is 9.84 Å². The smallest absolute Gasteiger partial charge is 0.324 e. The van der Waals surface area contributed by atoms with Crippen molar-refractivity contribution in [3.8, 4) is 0 Å². The van der Waals surface area contributed by atoms with Crippen LogP contribution in [0.25, 0.3) is 0 Å². The second kappa shape index (κ2) is 5.50. The Morgan fingerprint density at radius 1 is 1.35 bits per heavy atom. The van der Waals surface area contributed by atoms with Crippen molar-refractivity contribution >= 4 is 27.6 Å². The fraction of sp³-hybridized carbons (Fsp3) is 0.923. The van der Waals surface area contributed by atoms with Crippen molar-refractivity contribution in [3.05, 3.63) is 0 Å². The summed E-state index contributed by atoms with van der Waals surface area (Å²) in [6, 6.07) is 0. The molecule has 0 amide bonds. The molecular formula is C13H22O5S2. The van der Waals surface area contributed by atoms with Crippen LogP contribution in [0, 0.1) is 0 Å². The fourth-order valence-corrected chi connectivity index (χ4v) is 6.12. The second-order valence-electron chi connectivity index (χ2n) is 6.12. The first-order valence-electron chi connectivity index (χ1n) is 6.90. The number of carboxylic acids is 1. The van der Waals surface area contributed by atoms with Crippen molar-refractivity contribution < 1.29 is 23.1 Å². The molecule has 7 heteroatoms. The van der Waals surface area contributed by atoms with Crippen LogP contribution in [0.4, 0.5) is 0 Å². The van der Waals surface area contributed by atoms with Gasteiger partial charge >= 0.3 is 5.97 Å². The van der Waals surface area contributed by atoms with E-state index in [0.717, 1.165) is 24.3 Å². The predicted octanol–water partition coefficient (Wildman–Crippen LogP) is 1.71. The van der Waals surface area contributed by atoms with E-state index in [0.29, 0.717) is 19.4 Å². The van der Waals surface area contributed by atoms with E-state index in [1.165, 1.54) is 13.8 Å². The van der Waals surface area contributed by atoms with E-state index in [-0.39, 0.29) is 5.60 Å². The van der Waals surface area contributed by atoms with Crippen molar-refractivity contribution in [2.45, 2.75) is 55.1 Å². The molecule has 0 aromatic heterocycles. The molecule has 2 fully saturated rings. The first kappa shape index (κ1) is 16.1. The van der Waals surface area contributed by atoms with E-state index < -0.39 is 25.8 Å². The number of carbonyl (C=O) groups is 1. The first-order valence-corrected chi connectivity index (χ1v) is 9.60. The number of aliphatic carboxylic acids is 1. The predicted molar refractivity (Wildman–Crippen MR) is 78.9 cm³/mol. The normalized spacial score (nSPS) is 27.4. The summed E-state index contributed by atoms with van der Waals surface area (Å²) in [4.78, 5) is 11.3. The maximum absolute atomic E-state index is 12.6. The fourth-order valence-electron chi connectivity index (χ4n) is 2.88. The number of hydrogen-bond acceptors (Lipinski definition) is 5. The summed E-state index contributed by atoms with van der Waals surface area (Å²) in [5.41, 5.74) is -0.351. The molecule has 1 atom stereocenters. The van der Waals surface area contributed by atoms with Crippen LogP contribution in [0.2, 0.25) is 0 Å². The molecule has 1 unspecified atom stereocenters. The SMILES string of the molecule is CC(C)(C(=O)O)S(=O)(=O)C1CCOC2(CCSCC2)C1. The van der Waals surface area contributed by atoms with Crippen LogP contribution in [0.15, 0.2) is 0 Å². The Kier molecular flexibility index (Phi) is 4.43. The average molecular weight is 322 g/mol. The molecule has 0 saturated carbocycles. The lowest BCUT2D eigenvalue weighted by molar-refractivity contribution is -0.139. The van der Waals surface area contributed by atoms with Gasteiger partial charge in [0.1, 0.15) is 0 Å². The molecule has 2 aliphatic rings. The van der Waals surface area contributed by atoms with Crippen LogP contribution in [0.5, 0.6) is 0 Å².